The normalized spacial score (nSPS) is 18.1. The summed E-state index contributed by atoms with van der Waals surface area (Å²) in [6.07, 6.45) is 0.789. The third-order valence-electron chi connectivity index (χ3n) is 3.20. The van der Waals surface area contributed by atoms with Crippen LogP contribution in [0.1, 0.15) is 23.2 Å². The topological polar surface area (TPSA) is 101 Å². The van der Waals surface area contributed by atoms with E-state index in [1.54, 1.807) is 0 Å². The Bertz CT molecular complexity index is 589. The van der Waals surface area contributed by atoms with Crippen molar-refractivity contribution in [1.82, 2.24) is 4.90 Å². The number of aliphatic carboxylic acids is 1. The minimum atomic E-state index is -1.24. The van der Waals surface area contributed by atoms with Crippen molar-refractivity contribution >= 4 is 17.6 Å². The molecule has 1 aromatic rings. The highest BCUT2D eigenvalue weighted by Crippen LogP contribution is 2.25. The molecule has 0 aliphatic carbocycles. The Kier molecular flexibility index (Phi) is 3.64. The van der Waals surface area contributed by atoms with Crippen LogP contribution in [0.15, 0.2) is 18.2 Å². The van der Waals surface area contributed by atoms with Crippen LogP contribution in [0.4, 0.5) is 10.1 Å². The number of likely N-dealkylation sites (tertiary alicyclic amines) is 1. The highest BCUT2D eigenvalue weighted by Gasteiger charge is 2.36. The summed E-state index contributed by atoms with van der Waals surface area (Å²) in [7, 11) is 0. The standard InChI is InChI=1S/C12H11FN2O5/c13-10-7(3-1-4-8(10)15(19)20)11(16)14-6-2-5-9(14)12(17)18/h1,3-4,9H,2,5-6H2,(H,17,18)/t9-/m0/s1. The third kappa shape index (κ3) is 2.31. The van der Waals surface area contributed by atoms with E-state index in [2.05, 4.69) is 0 Å². The van der Waals surface area contributed by atoms with Gasteiger partial charge in [0, 0.05) is 12.6 Å². The van der Waals surface area contributed by atoms with E-state index in [1.807, 2.05) is 0 Å². The summed E-state index contributed by atoms with van der Waals surface area (Å²) in [5, 5.41) is 19.6. The molecule has 1 heterocycles. The molecule has 0 bridgehead atoms. The Morgan fingerprint density at radius 2 is 2.15 bits per heavy atom. The predicted octanol–water partition coefficient (Wildman–Crippen LogP) is 1.42. The van der Waals surface area contributed by atoms with Crippen LogP contribution in [-0.2, 0) is 4.79 Å². The first-order valence-corrected chi connectivity index (χ1v) is 5.90. The minimum Gasteiger partial charge on any atom is -0.480 e. The molecule has 1 N–H and O–H groups in total. The lowest BCUT2D eigenvalue weighted by Crippen LogP contribution is -2.40. The molecule has 1 aliphatic heterocycles. The van der Waals surface area contributed by atoms with Crippen LogP contribution < -0.4 is 0 Å². The van der Waals surface area contributed by atoms with Gasteiger partial charge in [-0.3, -0.25) is 14.9 Å². The van der Waals surface area contributed by atoms with Crippen LogP contribution in [0.5, 0.6) is 0 Å². The van der Waals surface area contributed by atoms with Crippen molar-refractivity contribution in [2.24, 2.45) is 0 Å². The molecule has 20 heavy (non-hydrogen) atoms. The van der Waals surface area contributed by atoms with Gasteiger partial charge in [0.15, 0.2) is 0 Å². The van der Waals surface area contributed by atoms with E-state index in [0.717, 1.165) is 17.0 Å². The van der Waals surface area contributed by atoms with Gasteiger partial charge < -0.3 is 10.0 Å². The molecule has 0 saturated carbocycles. The fraction of sp³-hybridized carbons (Fsp3) is 0.333. The Balaban J connectivity index is 2.37. The summed E-state index contributed by atoms with van der Waals surface area (Å²) in [5.41, 5.74) is -1.28. The average Bonchev–Trinajstić information content (AvgIpc) is 2.87. The van der Waals surface area contributed by atoms with Gasteiger partial charge >= 0.3 is 11.7 Å². The molecule has 0 aromatic heterocycles. The number of carbonyl (C=O) groups excluding carboxylic acids is 1. The Morgan fingerprint density at radius 3 is 2.75 bits per heavy atom. The van der Waals surface area contributed by atoms with Gasteiger partial charge in [0.25, 0.3) is 5.91 Å². The third-order valence-corrected chi connectivity index (χ3v) is 3.20. The van der Waals surface area contributed by atoms with E-state index in [-0.39, 0.29) is 13.0 Å². The van der Waals surface area contributed by atoms with Gasteiger partial charge in [-0.05, 0) is 18.9 Å². The van der Waals surface area contributed by atoms with Crippen LogP contribution >= 0.6 is 0 Å². The van der Waals surface area contributed by atoms with E-state index in [0.29, 0.717) is 6.42 Å². The van der Waals surface area contributed by atoms with Gasteiger partial charge in [-0.1, -0.05) is 6.07 Å². The predicted molar refractivity (Wildman–Crippen MR) is 64.7 cm³/mol. The first kappa shape index (κ1) is 13.9. The van der Waals surface area contributed by atoms with Crippen molar-refractivity contribution in [3.05, 3.63) is 39.7 Å². The highest BCUT2D eigenvalue weighted by molar-refractivity contribution is 5.97. The fourth-order valence-electron chi connectivity index (χ4n) is 2.25. The average molecular weight is 282 g/mol. The molecule has 0 radical (unpaired) electrons. The van der Waals surface area contributed by atoms with E-state index < -0.39 is 39.9 Å². The quantitative estimate of drug-likeness (QED) is 0.667. The monoisotopic (exact) mass is 282 g/mol. The maximum absolute atomic E-state index is 13.9. The molecular formula is C12H11FN2O5. The summed E-state index contributed by atoms with van der Waals surface area (Å²) >= 11 is 0. The largest absolute Gasteiger partial charge is 0.480 e. The number of carboxylic acid groups (broad SMARTS) is 1. The second-order valence-electron chi connectivity index (χ2n) is 4.39. The van der Waals surface area contributed by atoms with Gasteiger partial charge in [-0.2, -0.15) is 4.39 Å². The Morgan fingerprint density at radius 1 is 1.45 bits per heavy atom. The van der Waals surface area contributed by atoms with Gasteiger partial charge in [-0.15, -0.1) is 0 Å². The number of hydrogen-bond acceptors (Lipinski definition) is 4. The van der Waals surface area contributed by atoms with Crippen molar-refractivity contribution < 1.29 is 24.0 Å². The van der Waals surface area contributed by atoms with Crippen LogP contribution in [0, 0.1) is 15.9 Å². The van der Waals surface area contributed by atoms with Gasteiger partial charge in [0.05, 0.1) is 10.5 Å². The van der Waals surface area contributed by atoms with Gasteiger partial charge in [0.2, 0.25) is 5.82 Å². The van der Waals surface area contributed by atoms with E-state index in [9.17, 15) is 24.1 Å². The molecule has 7 nitrogen and oxygen atoms in total. The maximum atomic E-state index is 13.9. The highest BCUT2D eigenvalue weighted by atomic mass is 19.1. The van der Waals surface area contributed by atoms with Gasteiger partial charge in [0.1, 0.15) is 6.04 Å². The van der Waals surface area contributed by atoms with E-state index in [4.69, 9.17) is 5.11 Å². The van der Waals surface area contributed by atoms with Crippen LogP contribution in [0.25, 0.3) is 0 Å². The zero-order valence-electron chi connectivity index (χ0n) is 10.3. The molecule has 106 valence electrons. The first-order valence-electron chi connectivity index (χ1n) is 5.90. The molecule has 1 fully saturated rings. The number of carbonyl (C=O) groups is 2. The second-order valence-corrected chi connectivity index (χ2v) is 4.39. The Hall–Kier alpha value is -2.51. The lowest BCUT2D eigenvalue weighted by molar-refractivity contribution is -0.387. The number of nitro benzene ring substituents is 1. The molecule has 2 rings (SSSR count). The molecule has 0 unspecified atom stereocenters. The minimum absolute atomic E-state index is 0.192. The van der Waals surface area contributed by atoms with Crippen molar-refractivity contribution in [2.75, 3.05) is 6.54 Å². The molecular weight excluding hydrogens is 271 g/mol. The number of amides is 1. The zero-order valence-corrected chi connectivity index (χ0v) is 10.3. The van der Waals surface area contributed by atoms with Crippen LogP contribution in [0.3, 0.4) is 0 Å². The first-order chi connectivity index (χ1) is 9.43. The second kappa shape index (κ2) is 5.24. The number of carboxylic acids is 1. The van der Waals surface area contributed by atoms with Crippen molar-refractivity contribution in [3.63, 3.8) is 0 Å². The number of halogens is 1. The van der Waals surface area contributed by atoms with Crippen LogP contribution in [0.2, 0.25) is 0 Å². The number of nitrogens with zero attached hydrogens (tertiary/aromatic N) is 2. The molecule has 8 heteroatoms. The van der Waals surface area contributed by atoms with Crippen molar-refractivity contribution in [2.45, 2.75) is 18.9 Å². The lowest BCUT2D eigenvalue weighted by Gasteiger charge is -2.21. The summed E-state index contributed by atoms with van der Waals surface area (Å²) in [4.78, 5) is 33.9. The summed E-state index contributed by atoms with van der Waals surface area (Å²) in [6, 6.07) is 2.24. The smallest absolute Gasteiger partial charge is 0.326 e. The summed E-state index contributed by atoms with van der Waals surface area (Å²) in [5.74, 6) is -3.24. The molecule has 1 aromatic carbocycles. The number of hydrogen-bond donors (Lipinski definition) is 1. The van der Waals surface area contributed by atoms with E-state index >= 15 is 0 Å². The molecule has 1 atom stereocenters. The maximum Gasteiger partial charge on any atom is 0.326 e. The van der Waals surface area contributed by atoms with Crippen LogP contribution in [-0.4, -0.2) is 39.4 Å². The molecule has 0 spiro atoms. The number of nitro groups is 1. The van der Waals surface area contributed by atoms with Crippen molar-refractivity contribution in [3.8, 4) is 0 Å². The number of benzene rings is 1. The SMILES string of the molecule is O=C(O)[C@@H]1CCCN1C(=O)c1cccc([N+](=O)[O-])c1F. The zero-order chi connectivity index (χ0) is 14.9. The Labute approximate surface area is 112 Å². The molecule has 1 saturated heterocycles. The molecule has 1 amide bonds. The fourth-order valence-corrected chi connectivity index (χ4v) is 2.25. The summed E-state index contributed by atoms with van der Waals surface area (Å²) < 4.78 is 13.9. The van der Waals surface area contributed by atoms with Gasteiger partial charge in [-0.25, -0.2) is 4.79 Å². The number of rotatable bonds is 3. The van der Waals surface area contributed by atoms with E-state index in [1.165, 1.54) is 6.07 Å². The molecule has 1 aliphatic rings. The summed E-state index contributed by atoms with van der Waals surface area (Å²) in [6.45, 7) is 0.192. The van der Waals surface area contributed by atoms with Crippen molar-refractivity contribution in [1.29, 1.82) is 0 Å². The lowest BCUT2D eigenvalue weighted by atomic mass is 10.1.